The Morgan fingerprint density at radius 1 is 1.40 bits per heavy atom. The number of halogens is 1. The molecule has 1 aliphatic rings. The van der Waals surface area contributed by atoms with Crippen molar-refractivity contribution in [3.05, 3.63) is 24.3 Å². The molecule has 1 aromatic rings. The average Bonchev–Trinajstić information content (AvgIpc) is 2.38. The maximum absolute atomic E-state index is 13.6. The number of nitrogens with zero attached hydrogens (tertiary/aromatic N) is 1. The molecule has 0 unspecified atom stereocenters. The zero-order valence-corrected chi connectivity index (χ0v) is 13.5. The Bertz CT molecular complexity index is 461. The van der Waals surface area contributed by atoms with Gasteiger partial charge in [0.1, 0.15) is 0 Å². The van der Waals surface area contributed by atoms with Gasteiger partial charge in [-0.05, 0) is 25.7 Å². The smallest absolute Gasteiger partial charge is 0.417 e. The van der Waals surface area contributed by atoms with Crippen LogP contribution in [0.2, 0.25) is 19.6 Å². The zero-order valence-electron chi connectivity index (χ0n) is 12.5. The van der Waals surface area contributed by atoms with Crippen LogP contribution in [0.25, 0.3) is 0 Å². The molecule has 0 bridgehead atoms. The van der Waals surface area contributed by atoms with E-state index in [9.17, 15) is 4.39 Å². The second-order valence-corrected chi connectivity index (χ2v) is 11.1. The Hall–Kier alpha value is -0.758. The van der Waals surface area contributed by atoms with Crippen LogP contribution in [0.15, 0.2) is 18.3 Å². The topological polar surface area (TPSA) is 40.6 Å². The van der Waals surface area contributed by atoms with E-state index in [0.29, 0.717) is 25.3 Å². The minimum absolute atomic E-state index is 0.185. The number of pyridine rings is 1. The summed E-state index contributed by atoms with van der Waals surface area (Å²) in [7, 11) is -2.24. The van der Waals surface area contributed by atoms with Crippen LogP contribution in [-0.4, -0.2) is 40.2 Å². The molecule has 2 heterocycles. The van der Waals surface area contributed by atoms with Gasteiger partial charge in [-0.25, -0.2) is 4.98 Å². The second kappa shape index (κ2) is 5.93. The number of aromatic nitrogens is 1. The van der Waals surface area contributed by atoms with E-state index in [-0.39, 0.29) is 5.41 Å². The summed E-state index contributed by atoms with van der Waals surface area (Å²) in [6.07, 6.45) is 1.41. The van der Waals surface area contributed by atoms with Gasteiger partial charge in [-0.3, -0.25) is 0 Å². The molecule has 0 atom stereocenters. The van der Waals surface area contributed by atoms with Gasteiger partial charge in [-0.2, -0.15) is 4.39 Å². The van der Waals surface area contributed by atoms with Gasteiger partial charge in [0.15, 0.2) is 8.32 Å². The monoisotopic (exact) mass is 297 g/mol. The molecule has 0 N–H and O–H groups in total. The summed E-state index contributed by atoms with van der Waals surface area (Å²) in [5.74, 6) is -0.542. The molecule has 1 aromatic heterocycles. The first-order valence-corrected chi connectivity index (χ1v) is 10.2. The normalized spacial score (nSPS) is 19.1. The Kier molecular flexibility index (Phi) is 4.63. The van der Waals surface area contributed by atoms with Gasteiger partial charge in [-0.1, -0.05) is 13.0 Å². The fraction of sp³-hybridized carbons (Fsp3) is 0.615. The zero-order chi connectivity index (χ0) is 14.8. The lowest BCUT2D eigenvalue weighted by atomic mass is 9.76. The summed E-state index contributed by atoms with van der Waals surface area (Å²) in [4.78, 5) is 3.61. The summed E-state index contributed by atoms with van der Waals surface area (Å²) in [6.45, 7) is 10.1. The highest BCUT2D eigenvalue weighted by molar-refractivity contribution is 6.69. The molecule has 110 valence electrons. The Morgan fingerprint density at radius 3 is 2.60 bits per heavy atom. The third-order valence-corrected chi connectivity index (χ3v) is 4.07. The van der Waals surface area contributed by atoms with Crippen molar-refractivity contribution in [1.29, 1.82) is 0 Å². The Balaban J connectivity index is 1.93. The van der Waals surface area contributed by atoms with Gasteiger partial charge in [0, 0.05) is 36.9 Å². The molecule has 2 rings (SSSR count). The Morgan fingerprint density at radius 2 is 2.05 bits per heavy atom. The van der Waals surface area contributed by atoms with Gasteiger partial charge < -0.3 is 13.7 Å². The van der Waals surface area contributed by atoms with Crippen molar-refractivity contribution in [1.82, 2.24) is 4.98 Å². The van der Waals surface area contributed by atoms with Crippen LogP contribution in [0, 0.1) is 11.4 Å². The molecule has 0 spiro atoms. The molecule has 0 aliphatic carbocycles. The summed E-state index contributed by atoms with van der Waals surface area (Å²) in [6, 6.07) is 3.31. The average molecular weight is 297 g/mol. The fourth-order valence-corrected chi connectivity index (χ4v) is 2.65. The lowest BCUT2D eigenvalue weighted by Gasteiger charge is -2.37. The summed E-state index contributed by atoms with van der Waals surface area (Å²) < 4.78 is 30.8. The molecular weight excluding hydrogens is 276 g/mol. The molecule has 1 saturated heterocycles. The highest BCUT2D eigenvalue weighted by atomic mass is 28.4. The van der Waals surface area contributed by atoms with E-state index < -0.39 is 21.4 Å². The van der Waals surface area contributed by atoms with E-state index in [0.717, 1.165) is 0 Å². The number of hydrogen-bond donors (Lipinski definition) is 0. The van der Waals surface area contributed by atoms with Crippen molar-refractivity contribution in [2.24, 2.45) is 5.41 Å². The molecule has 0 aromatic carbocycles. The van der Waals surface area contributed by atoms with Crippen LogP contribution in [-0.2, 0) is 13.7 Å². The van der Waals surface area contributed by atoms with Gasteiger partial charge in [-0.15, -0.1) is 0 Å². The van der Waals surface area contributed by atoms with Crippen molar-refractivity contribution in [2.75, 3.05) is 19.8 Å². The molecule has 20 heavy (non-hydrogen) atoms. The van der Waals surface area contributed by atoms with E-state index >= 15 is 0 Å². The van der Waals surface area contributed by atoms with Crippen molar-refractivity contribution >= 4 is 20.9 Å². The minimum atomic E-state index is -1.56. The van der Waals surface area contributed by atoms with E-state index in [1.54, 1.807) is 12.1 Å². The predicted molar refractivity (Wildman–Crippen MR) is 78.9 cm³/mol. The maximum atomic E-state index is 13.6. The van der Waals surface area contributed by atoms with Crippen molar-refractivity contribution in [3.63, 3.8) is 0 Å². The van der Waals surface area contributed by atoms with E-state index in [1.807, 2.05) is 0 Å². The summed E-state index contributed by atoms with van der Waals surface area (Å²) in [5.41, 5.74) is 0.163. The van der Waals surface area contributed by atoms with E-state index in [1.165, 1.54) is 6.20 Å². The lowest BCUT2D eigenvalue weighted by molar-refractivity contribution is -0.00985. The summed E-state index contributed by atoms with van der Waals surface area (Å²) >= 11 is 0. The molecule has 1 aliphatic heterocycles. The van der Waals surface area contributed by atoms with Crippen LogP contribution in [0.5, 0.6) is 0 Å². The van der Waals surface area contributed by atoms with Crippen LogP contribution >= 0.6 is 0 Å². The predicted octanol–water partition coefficient (Wildman–Crippen LogP) is 1.82. The number of rotatable bonds is 4. The first kappa shape index (κ1) is 15.6. The van der Waals surface area contributed by atoms with Crippen LogP contribution in [0.1, 0.15) is 6.92 Å². The van der Waals surface area contributed by atoms with Crippen molar-refractivity contribution in [2.45, 2.75) is 26.6 Å². The molecule has 0 amide bonds. The van der Waals surface area contributed by atoms with E-state index in [2.05, 4.69) is 31.5 Å². The SMILES string of the molecule is CC1(CO[Si](C)(C)C)COB(c2cccnc2F)OC1. The van der Waals surface area contributed by atoms with Gasteiger partial charge >= 0.3 is 7.12 Å². The molecular formula is C13H21BFNO3Si. The highest BCUT2D eigenvalue weighted by Gasteiger charge is 2.39. The van der Waals surface area contributed by atoms with Crippen LogP contribution in [0.3, 0.4) is 0 Å². The third kappa shape index (κ3) is 4.12. The number of hydrogen-bond acceptors (Lipinski definition) is 4. The Labute approximate surface area is 120 Å². The fourth-order valence-electron chi connectivity index (χ4n) is 1.87. The molecule has 0 radical (unpaired) electrons. The van der Waals surface area contributed by atoms with Gasteiger partial charge in [0.05, 0.1) is 0 Å². The third-order valence-electron chi connectivity index (χ3n) is 3.06. The largest absolute Gasteiger partial charge is 0.498 e. The minimum Gasteiger partial charge on any atom is -0.417 e. The second-order valence-electron chi connectivity index (χ2n) is 6.55. The molecule has 0 saturated carbocycles. The highest BCUT2D eigenvalue weighted by Crippen LogP contribution is 2.25. The maximum Gasteiger partial charge on any atom is 0.498 e. The lowest BCUT2D eigenvalue weighted by Crippen LogP contribution is -2.51. The van der Waals surface area contributed by atoms with Crippen molar-refractivity contribution in [3.8, 4) is 0 Å². The van der Waals surface area contributed by atoms with Crippen LogP contribution in [0.4, 0.5) is 4.39 Å². The van der Waals surface area contributed by atoms with Gasteiger partial charge in [0.2, 0.25) is 5.95 Å². The van der Waals surface area contributed by atoms with E-state index in [4.69, 9.17) is 13.7 Å². The molecule has 7 heteroatoms. The van der Waals surface area contributed by atoms with Crippen LogP contribution < -0.4 is 5.46 Å². The quantitative estimate of drug-likeness (QED) is 0.628. The first-order chi connectivity index (χ1) is 9.29. The summed E-state index contributed by atoms with van der Waals surface area (Å²) in [5, 5.41) is 0. The van der Waals surface area contributed by atoms with Gasteiger partial charge in [0.25, 0.3) is 0 Å². The molecule has 1 fully saturated rings. The first-order valence-electron chi connectivity index (χ1n) is 6.77. The van der Waals surface area contributed by atoms with Crippen molar-refractivity contribution < 1.29 is 18.1 Å². The molecule has 4 nitrogen and oxygen atoms in total. The standard InChI is InChI=1S/C13H21BFNO3Si/c1-13(10-19-20(2,3)4)8-17-14(18-9-13)11-6-5-7-16-12(11)15/h5-7H,8-10H2,1-4H3.